The fourth-order valence-corrected chi connectivity index (χ4v) is 4.94. The van der Waals surface area contributed by atoms with Crippen molar-refractivity contribution in [3.8, 4) is 6.07 Å². The van der Waals surface area contributed by atoms with Crippen molar-refractivity contribution in [1.29, 1.82) is 5.26 Å². The van der Waals surface area contributed by atoms with E-state index in [0.29, 0.717) is 4.88 Å². The Morgan fingerprint density at radius 3 is 2.52 bits per heavy atom. The van der Waals surface area contributed by atoms with E-state index in [1.807, 2.05) is 6.07 Å². The molecule has 114 valence electrons. The lowest BCUT2D eigenvalue weighted by atomic mass is 9.92. The fourth-order valence-electron chi connectivity index (χ4n) is 2.24. The summed E-state index contributed by atoms with van der Waals surface area (Å²) in [6.07, 6.45) is 0.184. The van der Waals surface area contributed by atoms with Crippen molar-refractivity contribution in [2.75, 3.05) is 20.2 Å². The van der Waals surface area contributed by atoms with Crippen molar-refractivity contribution < 1.29 is 23.1 Å². The van der Waals surface area contributed by atoms with E-state index in [0.717, 1.165) is 11.3 Å². The molecule has 0 spiro atoms. The van der Waals surface area contributed by atoms with Crippen LogP contribution in [0.2, 0.25) is 0 Å². The largest absolute Gasteiger partial charge is 0.479 e. The van der Waals surface area contributed by atoms with Gasteiger partial charge in [0.05, 0.1) is 0 Å². The number of hydrogen-bond acceptors (Lipinski definition) is 6. The van der Waals surface area contributed by atoms with Crippen LogP contribution in [0.3, 0.4) is 0 Å². The first kappa shape index (κ1) is 15.9. The van der Waals surface area contributed by atoms with Gasteiger partial charge in [0, 0.05) is 33.0 Å². The highest BCUT2D eigenvalue weighted by Gasteiger charge is 2.44. The molecule has 1 fully saturated rings. The summed E-state index contributed by atoms with van der Waals surface area (Å²) >= 11 is 0.907. The average molecular weight is 330 g/mol. The van der Waals surface area contributed by atoms with Crippen LogP contribution in [-0.2, 0) is 19.6 Å². The number of carbonyl (C=O) groups is 1. The molecule has 0 aromatic carbocycles. The van der Waals surface area contributed by atoms with E-state index in [2.05, 4.69) is 0 Å². The zero-order chi connectivity index (χ0) is 15.7. The number of hydrogen-bond donors (Lipinski definition) is 1. The molecule has 0 aliphatic carbocycles. The Bertz CT molecular complexity index is 681. The highest BCUT2D eigenvalue weighted by Crippen LogP contribution is 2.31. The molecule has 9 heteroatoms. The minimum absolute atomic E-state index is 0.0717. The van der Waals surface area contributed by atoms with Crippen LogP contribution < -0.4 is 0 Å². The van der Waals surface area contributed by atoms with Crippen molar-refractivity contribution in [2.24, 2.45) is 0 Å². The second-order valence-electron chi connectivity index (χ2n) is 4.64. The maximum absolute atomic E-state index is 12.4. The minimum Gasteiger partial charge on any atom is -0.479 e. The molecule has 2 heterocycles. The number of thiophene rings is 1. The molecule has 1 N–H and O–H groups in total. The molecule has 0 bridgehead atoms. The lowest BCUT2D eigenvalue weighted by Gasteiger charge is -2.36. The Morgan fingerprint density at radius 1 is 1.48 bits per heavy atom. The first-order valence-electron chi connectivity index (χ1n) is 6.14. The number of rotatable bonds is 4. The van der Waals surface area contributed by atoms with Crippen LogP contribution >= 0.6 is 11.3 Å². The van der Waals surface area contributed by atoms with Crippen molar-refractivity contribution in [3.63, 3.8) is 0 Å². The molecular formula is C12H14N2O5S2. The number of piperidine rings is 1. The third kappa shape index (κ3) is 2.80. The number of nitriles is 1. The van der Waals surface area contributed by atoms with E-state index in [4.69, 9.17) is 10.00 Å². The van der Waals surface area contributed by atoms with Gasteiger partial charge in [-0.2, -0.15) is 9.57 Å². The number of ether oxygens (including phenoxy) is 1. The van der Waals surface area contributed by atoms with E-state index in [9.17, 15) is 18.3 Å². The average Bonchev–Trinajstić information content (AvgIpc) is 2.96. The van der Waals surface area contributed by atoms with Crippen LogP contribution in [0.4, 0.5) is 0 Å². The van der Waals surface area contributed by atoms with Gasteiger partial charge in [-0.15, -0.1) is 11.3 Å². The standard InChI is InChI=1S/C12H14N2O5S2/c1-19-12(11(15)16)4-6-14(7-5-12)21(17,18)10-3-2-9(8-13)20-10/h2-3H,4-7H2,1H3,(H,15,16). The zero-order valence-corrected chi connectivity index (χ0v) is 12.9. The van der Waals surface area contributed by atoms with E-state index >= 15 is 0 Å². The van der Waals surface area contributed by atoms with Gasteiger partial charge in [0.25, 0.3) is 10.0 Å². The van der Waals surface area contributed by atoms with Gasteiger partial charge in [-0.25, -0.2) is 13.2 Å². The van der Waals surface area contributed by atoms with Gasteiger partial charge in [-0.05, 0) is 12.1 Å². The predicted octanol–water partition coefficient (Wildman–Crippen LogP) is 0.874. The van der Waals surface area contributed by atoms with Crippen LogP contribution in [0, 0.1) is 11.3 Å². The predicted molar refractivity (Wildman–Crippen MR) is 74.4 cm³/mol. The topological polar surface area (TPSA) is 108 Å². The number of sulfonamides is 1. The SMILES string of the molecule is COC1(C(=O)O)CCN(S(=O)(=O)c2ccc(C#N)s2)CC1. The van der Waals surface area contributed by atoms with E-state index in [1.165, 1.54) is 23.5 Å². The van der Waals surface area contributed by atoms with Crippen LogP contribution in [0.15, 0.2) is 16.3 Å². The van der Waals surface area contributed by atoms with Crippen molar-refractivity contribution in [1.82, 2.24) is 4.31 Å². The molecule has 1 aliphatic rings. The number of nitrogens with zero attached hydrogens (tertiary/aromatic N) is 2. The summed E-state index contributed by atoms with van der Waals surface area (Å²) in [7, 11) is -2.37. The Kier molecular flexibility index (Phi) is 4.34. The summed E-state index contributed by atoms with van der Waals surface area (Å²) in [4.78, 5) is 11.6. The normalized spacial score (nSPS) is 19.0. The van der Waals surface area contributed by atoms with Gasteiger partial charge in [-0.3, -0.25) is 0 Å². The number of methoxy groups -OCH3 is 1. The molecular weight excluding hydrogens is 316 g/mol. The lowest BCUT2D eigenvalue weighted by Crippen LogP contribution is -2.51. The first-order chi connectivity index (χ1) is 9.85. The van der Waals surface area contributed by atoms with Crippen LogP contribution in [0.5, 0.6) is 0 Å². The molecule has 1 aromatic heterocycles. The summed E-state index contributed by atoms with van der Waals surface area (Å²) in [6.45, 7) is 0.143. The molecule has 2 rings (SSSR count). The van der Waals surface area contributed by atoms with E-state index in [-0.39, 0.29) is 30.1 Å². The Morgan fingerprint density at radius 2 is 2.10 bits per heavy atom. The molecule has 1 aromatic rings. The van der Waals surface area contributed by atoms with Gasteiger partial charge in [0.1, 0.15) is 15.2 Å². The summed E-state index contributed by atoms with van der Waals surface area (Å²) < 4.78 is 31.2. The quantitative estimate of drug-likeness (QED) is 0.878. The summed E-state index contributed by atoms with van der Waals surface area (Å²) in [5, 5.41) is 18.0. The second kappa shape index (κ2) is 5.73. The van der Waals surface area contributed by atoms with E-state index in [1.54, 1.807) is 0 Å². The molecule has 0 atom stereocenters. The van der Waals surface area contributed by atoms with Gasteiger partial charge >= 0.3 is 5.97 Å². The lowest BCUT2D eigenvalue weighted by molar-refractivity contribution is -0.166. The number of carboxylic acids is 1. The van der Waals surface area contributed by atoms with Crippen LogP contribution in [0.25, 0.3) is 0 Å². The molecule has 0 radical (unpaired) electrons. The fraction of sp³-hybridized carbons (Fsp3) is 0.500. The van der Waals surface area contributed by atoms with Crippen molar-refractivity contribution in [3.05, 3.63) is 17.0 Å². The van der Waals surface area contributed by atoms with Gasteiger partial charge in [-0.1, -0.05) is 0 Å². The number of carboxylic acid groups (broad SMARTS) is 1. The summed E-state index contributed by atoms with van der Waals surface area (Å²) in [6, 6.07) is 4.75. The molecule has 0 unspecified atom stereocenters. The third-order valence-corrected chi connectivity index (χ3v) is 6.95. The minimum atomic E-state index is -3.68. The Labute approximate surface area is 126 Å². The maximum atomic E-state index is 12.4. The molecule has 0 amide bonds. The monoisotopic (exact) mass is 330 g/mol. The van der Waals surface area contributed by atoms with Crippen LogP contribution in [-0.4, -0.2) is 49.6 Å². The highest BCUT2D eigenvalue weighted by atomic mass is 32.2. The third-order valence-electron chi connectivity index (χ3n) is 3.60. The number of aliphatic carboxylic acids is 1. The summed E-state index contributed by atoms with van der Waals surface area (Å²) in [5.74, 6) is -1.08. The van der Waals surface area contributed by atoms with Gasteiger partial charge < -0.3 is 9.84 Å². The van der Waals surface area contributed by atoms with Gasteiger partial charge in [0.2, 0.25) is 0 Å². The molecule has 1 aliphatic heterocycles. The first-order valence-corrected chi connectivity index (χ1v) is 8.40. The summed E-state index contributed by atoms with van der Waals surface area (Å²) in [5.41, 5.74) is -1.32. The van der Waals surface area contributed by atoms with Gasteiger partial charge in [0.15, 0.2) is 5.60 Å². The Balaban J connectivity index is 2.18. The van der Waals surface area contributed by atoms with Crippen molar-refractivity contribution >= 4 is 27.3 Å². The molecule has 0 saturated carbocycles. The smallest absolute Gasteiger partial charge is 0.336 e. The molecule has 1 saturated heterocycles. The van der Waals surface area contributed by atoms with Crippen LogP contribution in [0.1, 0.15) is 17.7 Å². The van der Waals surface area contributed by atoms with Crippen molar-refractivity contribution in [2.45, 2.75) is 22.7 Å². The maximum Gasteiger partial charge on any atom is 0.336 e. The molecule has 7 nitrogen and oxygen atoms in total. The molecule has 21 heavy (non-hydrogen) atoms. The van der Waals surface area contributed by atoms with E-state index < -0.39 is 21.6 Å². The second-order valence-corrected chi connectivity index (χ2v) is 7.89. The Hall–Kier alpha value is -1.47. The highest BCUT2D eigenvalue weighted by molar-refractivity contribution is 7.91. The zero-order valence-electron chi connectivity index (χ0n) is 11.3.